The van der Waals surface area contributed by atoms with Crippen molar-refractivity contribution >= 4 is 21.6 Å². The van der Waals surface area contributed by atoms with Crippen molar-refractivity contribution in [2.24, 2.45) is 5.92 Å². The normalized spacial score (nSPS) is 12.4. The van der Waals surface area contributed by atoms with Gasteiger partial charge in [0.15, 0.2) is 0 Å². The van der Waals surface area contributed by atoms with E-state index in [4.69, 9.17) is 5.21 Å². The lowest BCUT2D eigenvalue weighted by molar-refractivity contribution is -0.133. The Morgan fingerprint density at radius 3 is 2.42 bits per heavy atom. The van der Waals surface area contributed by atoms with E-state index < -0.39 is 21.8 Å². The number of benzene rings is 2. The molecule has 0 aliphatic rings. The lowest BCUT2D eigenvalue weighted by Crippen LogP contribution is -2.30. The minimum absolute atomic E-state index is 0.180. The molecule has 0 saturated heterocycles. The van der Waals surface area contributed by atoms with Crippen molar-refractivity contribution in [2.45, 2.75) is 44.4 Å². The topological polar surface area (TPSA) is 108 Å². The van der Waals surface area contributed by atoms with Gasteiger partial charge in [0, 0.05) is 25.2 Å². The summed E-state index contributed by atoms with van der Waals surface area (Å²) in [5, 5.41) is 12.0. The molecule has 2 aromatic rings. The lowest BCUT2D eigenvalue weighted by atomic mass is 9.92. The predicted octanol–water partition coefficient (Wildman–Crippen LogP) is 3.30. The number of nitrogens with one attached hydrogen (secondary N) is 3. The average Bonchev–Trinajstić information content (AvgIpc) is 2.75. The number of hydrogen-bond acceptors (Lipinski definition) is 5. The molecule has 0 fully saturated rings. The molecule has 0 aromatic heterocycles. The average molecular weight is 452 g/mol. The fourth-order valence-corrected chi connectivity index (χ4v) is 4.60. The van der Waals surface area contributed by atoms with Crippen molar-refractivity contribution in [3.8, 4) is 0 Å². The van der Waals surface area contributed by atoms with Gasteiger partial charge in [-0.2, -0.15) is 0 Å². The summed E-state index contributed by atoms with van der Waals surface area (Å²) in [4.78, 5) is 12.2. The molecule has 7 nitrogen and oxygen atoms in total. The Morgan fingerprint density at radius 2 is 1.81 bits per heavy atom. The van der Waals surface area contributed by atoms with E-state index in [1.54, 1.807) is 56.7 Å². The van der Waals surface area contributed by atoms with Crippen molar-refractivity contribution in [1.29, 1.82) is 0 Å². The molecule has 0 heterocycles. The summed E-state index contributed by atoms with van der Waals surface area (Å²) in [5.74, 6) is -1.28. The van der Waals surface area contributed by atoms with E-state index in [0.717, 1.165) is 5.56 Å². The number of hydroxylamine groups is 1. The van der Waals surface area contributed by atoms with Crippen LogP contribution in [0.15, 0.2) is 41.3 Å². The first-order valence-electron chi connectivity index (χ1n) is 10.1. The maximum Gasteiger partial charge on any atom is 0.246 e. The molecule has 1 atom stereocenters. The Balaban J connectivity index is 1.91. The van der Waals surface area contributed by atoms with Gasteiger partial charge >= 0.3 is 0 Å². The number of halogens is 1. The summed E-state index contributed by atoms with van der Waals surface area (Å²) in [6.07, 6.45) is 1.92. The molecule has 0 unspecified atom stereocenters. The van der Waals surface area contributed by atoms with E-state index in [9.17, 15) is 17.6 Å². The van der Waals surface area contributed by atoms with E-state index in [1.807, 2.05) is 0 Å². The van der Waals surface area contributed by atoms with Crippen molar-refractivity contribution in [3.63, 3.8) is 0 Å². The summed E-state index contributed by atoms with van der Waals surface area (Å²) < 4.78 is 41.2. The van der Waals surface area contributed by atoms with Crippen LogP contribution in [0.5, 0.6) is 0 Å². The summed E-state index contributed by atoms with van der Waals surface area (Å²) >= 11 is 0. The summed E-state index contributed by atoms with van der Waals surface area (Å²) in [7, 11) is -1.91. The molecule has 2 rings (SSSR count). The minimum Gasteiger partial charge on any atom is -0.388 e. The van der Waals surface area contributed by atoms with Crippen LogP contribution in [0.2, 0.25) is 0 Å². The molecule has 2 aromatic carbocycles. The summed E-state index contributed by atoms with van der Waals surface area (Å²) in [6, 6.07) is 9.92. The van der Waals surface area contributed by atoms with Gasteiger partial charge in [-0.3, -0.25) is 10.0 Å². The van der Waals surface area contributed by atoms with E-state index in [2.05, 4.69) is 10.0 Å². The first-order chi connectivity index (χ1) is 14.7. The second-order valence-electron chi connectivity index (χ2n) is 7.59. The Kier molecular flexibility index (Phi) is 8.97. The van der Waals surface area contributed by atoms with Gasteiger partial charge in [0.25, 0.3) is 0 Å². The molecule has 31 heavy (non-hydrogen) atoms. The largest absolute Gasteiger partial charge is 0.388 e. The molecule has 4 N–H and O–H groups in total. The van der Waals surface area contributed by atoms with E-state index in [0.29, 0.717) is 42.5 Å². The van der Waals surface area contributed by atoms with E-state index in [1.165, 1.54) is 6.07 Å². The van der Waals surface area contributed by atoms with Crippen LogP contribution in [0.25, 0.3) is 0 Å². The zero-order valence-electron chi connectivity index (χ0n) is 18.0. The number of aryl methyl sites for hydroxylation is 2. The van der Waals surface area contributed by atoms with Gasteiger partial charge in [0.2, 0.25) is 15.9 Å². The second-order valence-corrected chi connectivity index (χ2v) is 9.36. The number of carbonyl (C=O) groups is 1. The predicted molar refractivity (Wildman–Crippen MR) is 118 cm³/mol. The third-order valence-corrected chi connectivity index (χ3v) is 6.62. The first kappa shape index (κ1) is 24.8. The van der Waals surface area contributed by atoms with Crippen LogP contribution in [-0.4, -0.2) is 33.1 Å². The van der Waals surface area contributed by atoms with Crippen molar-refractivity contribution in [2.75, 3.05) is 18.9 Å². The Hall–Kier alpha value is -2.49. The molecule has 0 bridgehead atoms. The van der Waals surface area contributed by atoms with Crippen molar-refractivity contribution in [3.05, 3.63) is 58.9 Å². The van der Waals surface area contributed by atoms with E-state index >= 15 is 0 Å². The third kappa shape index (κ3) is 7.02. The Morgan fingerprint density at radius 1 is 1.13 bits per heavy atom. The van der Waals surface area contributed by atoms with Crippen molar-refractivity contribution in [1.82, 2.24) is 10.2 Å². The van der Waals surface area contributed by atoms with Gasteiger partial charge in [-0.1, -0.05) is 24.6 Å². The van der Waals surface area contributed by atoms with Gasteiger partial charge in [-0.05, 0) is 68.0 Å². The van der Waals surface area contributed by atoms with Crippen LogP contribution in [0.1, 0.15) is 36.0 Å². The minimum atomic E-state index is -3.62. The molecule has 0 aliphatic heterocycles. The Labute approximate surface area is 183 Å². The number of unbranched alkanes of at least 4 members (excludes halogenated alkanes) is 1. The summed E-state index contributed by atoms with van der Waals surface area (Å²) in [5.41, 5.74) is 4.23. The maximum absolute atomic E-state index is 13.8. The van der Waals surface area contributed by atoms with Crippen LogP contribution in [0.4, 0.5) is 10.1 Å². The van der Waals surface area contributed by atoms with Gasteiger partial charge in [0.05, 0.1) is 4.90 Å². The molecule has 0 spiro atoms. The SMILES string of the molecule is CNc1cccc(S(=O)(=O)NCCCC[C@@H](Cc2cc(C)c(F)c(C)c2)C(=O)NO)c1. The standard InChI is InChI=1S/C22H30FN3O4S/c1-15-11-17(12-16(2)21(15)23)13-18(22(27)26-28)7-4-5-10-25-31(29,30)20-9-6-8-19(14-20)24-3/h6,8-9,11-12,14,18,24-25,28H,4-5,7,10,13H2,1-3H3,(H,26,27)/t18-/m0/s1. The molecule has 9 heteroatoms. The number of amides is 1. The quantitative estimate of drug-likeness (QED) is 0.238. The molecule has 170 valence electrons. The Bertz CT molecular complexity index is 989. The maximum atomic E-state index is 13.8. The number of carbonyl (C=O) groups excluding carboxylic acids is 1. The number of hydrogen-bond donors (Lipinski definition) is 4. The lowest BCUT2D eigenvalue weighted by Gasteiger charge is -2.16. The fourth-order valence-electron chi connectivity index (χ4n) is 3.48. The van der Waals surface area contributed by atoms with Crippen LogP contribution in [-0.2, 0) is 21.2 Å². The fraction of sp³-hybridized carbons (Fsp3) is 0.409. The van der Waals surface area contributed by atoms with E-state index in [-0.39, 0.29) is 17.3 Å². The molecular weight excluding hydrogens is 421 g/mol. The van der Waals surface area contributed by atoms with Crippen LogP contribution in [0.3, 0.4) is 0 Å². The van der Waals surface area contributed by atoms with Crippen LogP contribution < -0.4 is 15.5 Å². The summed E-state index contributed by atoms with van der Waals surface area (Å²) in [6.45, 7) is 3.57. The first-order valence-corrected chi connectivity index (χ1v) is 11.6. The number of anilines is 1. The molecular formula is C22H30FN3O4S. The highest BCUT2D eigenvalue weighted by Crippen LogP contribution is 2.21. The van der Waals surface area contributed by atoms with Gasteiger partial charge in [0.1, 0.15) is 5.82 Å². The zero-order chi connectivity index (χ0) is 23.0. The van der Waals surface area contributed by atoms with Gasteiger partial charge < -0.3 is 5.32 Å². The molecule has 0 radical (unpaired) electrons. The second kappa shape index (κ2) is 11.2. The van der Waals surface area contributed by atoms with Crippen LogP contribution >= 0.6 is 0 Å². The van der Waals surface area contributed by atoms with Crippen LogP contribution in [0, 0.1) is 25.6 Å². The third-order valence-electron chi connectivity index (χ3n) is 5.16. The number of rotatable bonds is 11. The highest BCUT2D eigenvalue weighted by Gasteiger charge is 2.20. The van der Waals surface area contributed by atoms with Gasteiger partial charge in [-0.15, -0.1) is 0 Å². The van der Waals surface area contributed by atoms with Crippen molar-refractivity contribution < 1.29 is 22.8 Å². The molecule has 1 amide bonds. The highest BCUT2D eigenvalue weighted by atomic mass is 32.2. The zero-order valence-corrected chi connectivity index (χ0v) is 18.9. The van der Waals surface area contributed by atoms with Gasteiger partial charge in [-0.25, -0.2) is 23.0 Å². The monoisotopic (exact) mass is 451 g/mol. The molecule has 0 aliphatic carbocycles. The number of sulfonamides is 1. The highest BCUT2D eigenvalue weighted by molar-refractivity contribution is 7.89. The molecule has 0 saturated carbocycles. The smallest absolute Gasteiger partial charge is 0.246 e.